The van der Waals surface area contributed by atoms with E-state index in [1.807, 2.05) is 6.92 Å². The second kappa shape index (κ2) is 5.69. The zero-order valence-electron chi connectivity index (χ0n) is 10.8. The Morgan fingerprint density at radius 3 is 2.72 bits per heavy atom. The molecule has 0 unspecified atom stereocenters. The molecule has 1 aliphatic heterocycles. The van der Waals surface area contributed by atoms with Crippen LogP contribution in [-0.4, -0.2) is 47.2 Å². The molecular weight excluding hydrogens is 234 g/mol. The normalized spacial score (nSPS) is 31.2. The van der Waals surface area contributed by atoms with Crippen LogP contribution in [0.1, 0.15) is 39.0 Å². The number of ether oxygens (including phenoxy) is 1. The van der Waals surface area contributed by atoms with E-state index in [0.717, 1.165) is 25.7 Å². The zero-order valence-corrected chi connectivity index (χ0v) is 10.8. The third-order valence-corrected chi connectivity index (χ3v) is 4.09. The second-order valence-corrected chi connectivity index (χ2v) is 5.14. The first kappa shape index (κ1) is 13.3. The van der Waals surface area contributed by atoms with Crippen LogP contribution < -0.4 is 0 Å². The van der Waals surface area contributed by atoms with Crippen molar-refractivity contribution in [2.45, 2.75) is 51.1 Å². The number of fused-ring (bicyclic) bond motifs is 1. The van der Waals surface area contributed by atoms with E-state index in [1.165, 1.54) is 0 Å². The largest absolute Gasteiger partial charge is 0.480 e. The molecule has 5 heteroatoms. The predicted octanol–water partition coefficient (Wildman–Crippen LogP) is 1.27. The third-order valence-electron chi connectivity index (χ3n) is 4.09. The molecule has 0 aromatic rings. The van der Waals surface area contributed by atoms with Crippen molar-refractivity contribution in [3.8, 4) is 0 Å². The van der Waals surface area contributed by atoms with Crippen molar-refractivity contribution in [1.29, 1.82) is 0 Å². The maximum atomic E-state index is 12.1. The maximum Gasteiger partial charge on any atom is 0.326 e. The van der Waals surface area contributed by atoms with Crippen molar-refractivity contribution in [1.82, 2.24) is 4.90 Å². The molecule has 5 nitrogen and oxygen atoms in total. The van der Waals surface area contributed by atoms with Gasteiger partial charge in [-0.3, -0.25) is 4.79 Å². The van der Waals surface area contributed by atoms with Gasteiger partial charge >= 0.3 is 5.97 Å². The molecular formula is C13H21NO4. The van der Waals surface area contributed by atoms with Gasteiger partial charge in [-0.2, -0.15) is 0 Å². The lowest BCUT2D eigenvalue weighted by molar-refractivity contribution is -0.151. The van der Waals surface area contributed by atoms with E-state index in [4.69, 9.17) is 4.74 Å². The lowest BCUT2D eigenvalue weighted by atomic mass is 9.85. The molecule has 1 saturated heterocycles. The van der Waals surface area contributed by atoms with Crippen molar-refractivity contribution >= 4 is 11.9 Å². The number of carbonyl (C=O) groups excluding carboxylic acids is 1. The molecule has 0 aromatic heterocycles. The summed E-state index contributed by atoms with van der Waals surface area (Å²) in [4.78, 5) is 25.0. The zero-order chi connectivity index (χ0) is 13.1. The molecule has 2 rings (SSSR count). The van der Waals surface area contributed by atoms with Gasteiger partial charge in [0.15, 0.2) is 0 Å². The number of carbonyl (C=O) groups is 2. The first-order valence-electron chi connectivity index (χ1n) is 6.76. The third kappa shape index (κ3) is 2.51. The standard InChI is InChI=1S/C13H21NO4/c1-2-18-8-12(15)14-10-6-4-3-5-9(10)7-11(14)13(16)17/h9-11H,2-8H2,1H3,(H,16,17)/t9-,10+,11-/m0/s1. The molecule has 3 atom stereocenters. The maximum absolute atomic E-state index is 12.1. The number of rotatable bonds is 4. The molecule has 0 bridgehead atoms. The van der Waals surface area contributed by atoms with Gasteiger partial charge in [-0.15, -0.1) is 0 Å². The Morgan fingerprint density at radius 1 is 1.33 bits per heavy atom. The van der Waals surface area contributed by atoms with Gasteiger partial charge in [0.05, 0.1) is 0 Å². The number of carboxylic acids is 1. The second-order valence-electron chi connectivity index (χ2n) is 5.14. The first-order valence-corrected chi connectivity index (χ1v) is 6.76. The van der Waals surface area contributed by atoms with Crippen LogP contribution >= 0.6 is 0 Å². The fourth-order valence-corrected chi connectivity index (χ4v) is 3.30. The average molecular weight is 255 g/mol. The summed E-state index contributed by atoms with van der Waals surface area (Å²) in [5, 5.41) is 9.27. The molecule has 2 aliphatic rings. The van der Waals surface area contributed by atoms with E-state index >= 15 is 0 Å². The van der Waals surface area contributed by atoms with Gasteiger partial charge in [0.2, 0.25) is 5.91 Å². The van der Waals surface area contributed by atoms with E-state index in [-0.39, 0.29) is 18.6 Å². The minimum absolute atomic E-state index is 0.00347. The van der Waals surface area contributed by atoms with E-state index in [0.29, 0.717) is 18.9 Å². The topological polar surface area (TPSA) is 66.8 Å². The number of aliphatic carboxylic acids is 1. The van der Waals surface area contributed by atoms with Gasteiger partial charge in [-0.1, -0.05) is 12.8 Å². The summed E-state index contributed by atoms with van der Waals surface area (Å²) in [6, 6.07) is -0.529. The Hall–Kier alpha value is -1.10. The predicted molar refractivity (Wildman–Crippen MR) is 65.1 cm³/mol. The Morgan fingerprint density at radius 2 is 2.06 bits per heavy atom. The van der Waals surface area contributed by atoms with Gasteiger partial charge in [0.1, 0.15) is 12.6 Å². The summed E-state index contributed by atoms with van der Waals surface area (Å²) >= 11 is 0. The Kier molecular flexibility index (Phi) is 4.22. The molecule has 1 saturated carbocycles. The molecule has 1 amide bonds. The van der Waals surface area contributed by atoms with Crippen molar-refractivity contribution in [3.05, 3.63) is 0 Å². The smallest absolute Gasteiger partial charge is 0.326 e. The number of nitrogens with zero attached hydrogens (tertiary/aromatic N) is 1. The number of carboxylic acid groups (broad SMARTS) is 1. The lowest BCUT2D eigenvalue weighted by Gasteiger charge is -2.32. The van der Waals surface area contributed by atoms with Crippen LogP contribution in [0.25, 0.3) is 0 Å². The van der Waals surface area contributed by atoms with Crippen LogP contribution in [0, 0.1) is 5.92 Å². The van der Waals surface area contributed by atoms with Crippen molar-refractivity contribution in [2.24, 2.45) is 5.92 Å². The fourth-order valence-electron chi connectivity index (χ4n) is 3.30. The number of hydrogen-bond acceptors (Lipinski definition) is 3. The van der Waals surface area contributed by atoms with Crippen molar-refractivity contribution in [3.63, 3.8) is 0 Å². The molecule has 0 aromatic carbocycles. The highest BCUT2D eigenvalue weighted by atomic mass is 16.5. The van der Waals surface area contributed by atoms with E-state index in [9.17, 15) is 14.7 Å². The summed E-state index contributed by atoms with van der Waals surface area (Å²) in [5.41, 5.74) is 0. The van der Waals surface area contributed by atoms with Crippen LogP contribution in [0.15, 0.2) is 0 Å². The summed E-state index contributed by atoms with van der Waals surface area (Å²) in [7, 11) is 0. The van der Waals surface area contributed by atoms with Crippen molar-refractivity contribution in [2.75, 3.05) is 13.2 Å². The van der Waals surface area contributed by atoms with Crippen LogP contribution in [0.2, 0.25) is 0 Å². The van der Waals surface area contributed by atoms with Gasteiger partial charge in [-0.25, -0.2) is 4.79 Å². The van der Waals surface area contributed by atoms with Crippen LogP contribution in [0.4, 0.5) is 0 Å². The van der Waals surface area contributed by atoms with E-state index < -0.39 is 12.0 Å². The van der Waals surface area contributed by atoms with E-state index in [2.05, 4.69) is 0 Å². The molecule has 1 N–H and O–H groups in total. The monoisotopic (exact) mass is 255 g/mol. The molecule has 18 heavy (non-hydrogen) atoms. The summed E-state index contributed by atoms with van der Waals surface area (Å²) in [6.07, 6.45) is 4.84. The molecule has 2 fully saturated rings. The van der Waals surface area contributed by atoms with Crippen LogP contribution in [0.5, 0.6) is 0 Å². The molecule has 102 valence electrons. The molecule has 0 spiro atoms. The Balaban J connectivity index is 2.11. The SMILES string of the molecule is CCOCC(=O)N1[C@@H]2CCCC[C@H]2C[C@H]1C(=O)O. The molecule has 1 heterocycles. The first-order chi connectivity index (χ1) is 8.65. The van der Waals surface area contributed by atoms with Crippen LogP contribution in [-0.2, 0) is 14.3 Å². The highest BCUT2D eigenvalue weighted by Crippen LogP contribution is 2.39. The van der Waals surface area contributed by atoms with Crippen molar-refractivity contribution < 1.29 is 19.4 Å². The average Bonchev–Trinajstić information content (AvgIpc) is 2.75. The number of likely N-dealkylation sites (tertiary alicyclic amines) is 1. The Labute approximate surface area is 107 Å². The van der Waals surface area contributed by atoms with Gasteiger partial charge in [0, 0.05) is 12.6 Å². The summed E-state index contributed by atoms with van der Waals surface area (Å²) in [5.74, 6) is -0.682. The molecule has 0 radical (unpaired) electrons. The van der Waals surface area contributed by atoms with Crippen LogP contribution in [0.3, 0.4) is 0 Å². The van der Waals surface area contributed by atoms with Gasteiger partial charge in [-0.05, 0) is 32.1 Å². The van der Waals surface area contributed by atoms with Gasteiger partial charge in [0.25, 0.3) is 0 Å². The highest BCUT2D eigenvalue weighted by molar-refractivity contribution is 5.85. The van der Waals surface area contributed by atoms with E-state index in [1.54, 1.807) is 4.90 Å². The number of hydrogen-bond donors (Lipinski definition) is 1. The summed E-state index contributed by atoms with van der Waals surface area (Å²) < 4.78 is 5.13. The molecule has 1 aliphatic carbocycles. The highest BCUT2D eigenvalue weighted by Gasteiger charge is 2.47. The lowest BCUT2D eigenvalue weighted by Crippen LogP contribution is -2.47. The fraction of sp³-hybridized carbons (Fsp3) is 0.846. The number of amides is 1. The van der Waals surface area contributed by atoms with Gasteiger partial charge < -0.3 is 14.7 Å². The quantitative estimate of drug-likeness (QED) is 0.821. The Bertz CT molecular complexity index is 331. The minimum atomic E-state index is -0.880. The minimum Gasteiger partial charge on any atom is -0.480 e. The summed E-state index contributed by atoms with van der Waals surface area (Å²) in [6.45, 7) is 2.31.